The Kier molecular flexibility index (Phi) is 5.43. The van der Waals surface area contributed by atoms with Crippen molar-refractivity contribution in [3.63, 3.8) is 0 Å². The van der Waals surface area contributed by atoms with E-state index in [1.54, 1.807) is 41.8 Å². The van der Waals surface area contributed by atoms with Crippen LogP contribution in [0.1, 0.15) is 11.1 Å². The third kappa shape index (κ3) is 4.19. The summed E-state index contributed by atoms with van der Waals surface area (Å²) in [5.74, 6) is 0. The molecule has 2 heterocycles. The van der Waals surface area contributed by atoms with E-state index in [1.807, 2.05) is 6.07 Å². The third-order valence-electron chi connectivity index (χ3n) is 4.63. The van der Waals surface area contributed by atoms with Crippen LogP contribution in [0.3, 0.4) is 0 Å². The normalized spacial score (nSPS) is 15.1. The zero-order valence-corrected chi connectivity index (χ0v) is 18.3. The third-order valence-corrected chi connectivity index (χ3v) is 9.46. The van der Waals surface area contributed by atoms with Crippen molar-refractivity contribution in [2.45, 2.75) is 22.1 Å². The van der Waals surface area contributed by atoms with Crippen LogP contribution < -0.4 is 4.72 Å². The summed E-state index contributed by atoms with van der Waals surface area (Å²) in [6, 6.07) is 14.5. The summed E-state index contributed by atoms with van der Waals surface area (Å²) in [6.45, 7) is 0.586. The summed E-state index contributed by atoms with van der Waals surface area (Å²) in [5.41, 5.74) is 2.16. The summed E-state index contributed by atoms with van der Waals surface area (Å²) in [4.78, 5) is 0.0598. The van der Waals surface area contributed by atoms with Crippen molar-refractivity contribution in [2.75, 3.05) is 11.3 Å². The lowest BCUT2D eigenvalue weighted by Gasteiger charge is -2.28. The molecule has 0 fully saturated rings. The van der Waals surface area contributed by atoms with Crippen molar-refractivity contribution in [3.05, 3.63) is 76.1 Å². The number of fused-ring (bicyclic) bond motifs is 1. The molecule has 0 bridgehead atoms. The molecule has 152 valence electrons. The predicted octanol–water partition coefficient (Wildman–Crippen LogP) is 3.95. The highest BCUT2D eigenvalue weighted by Gasteiger charge is 2.29. The van der Waals surface area contributed by atoms with Crippen molar-refractivity contribution in [2.24, 2.45) is 0 Å². The van der Waals surface area contributed by atoms with E-state index in [-0.39, 0.29) is 11.4 Å². The van der Waals surface area contributed by atoms with Crippen LogP contribution in [0.2, 0.25) is 5.02 Å². The topological polar surface area (TPSA) is 83.6 Å². The van der Waals surface area contributed by atoms with Gasteiger partial charge in [0.2, 0.25) is 0 Å². The molecule has 0 unspecified atom stereocenters. The monoisotopic (exact) mass is 468 g/mol. The van der Waals surface area contributed by atoms with E-state index < -0.39 is 20.0 Å². The van der Waals surface area contributed by atoms with Crippen LogP contribution in [0.4, 0.5) is 5.69 Å². The van der Waals surface area contributed by atoms with E-state index in [2.05, 4.69) is 4.72 Å². The maximum atomic E-state index is 12.8. The van der Waals surface area contributed by atoms with Gasteiger partial charge in [0.25, 0.3) is 20.0 Å². The highest BCUT2D eigenvalue weighted by molar-refractivity contribution is 7.92. The number of halogens is 1. The van der Waals surface area contributed by atoms with Crippen LogP contribution in [-0.2, 0) is 33.0 Å². The molecule has 0 saturated carbocycles. The number of thiophene rings is 1. The summed E-state index contributed by atoms with van der Waals surface area (Å²) in [5, 5.41) is 2.06. The Labute approximate surface area is 178 Å². The zero-order chi connectivity index (χ0) is 20.6. The minimum Gasteiger partial charge on any atom is -0.280 e. The van der Waals surface area contributed by atoms with Crippen LogP contribution >= 0.6 is 22.9 Å². The lowest BCUT2D eigenvalue weighted by atomic mass is 10.0. The molecular weight excluding hydrogens is 452 g/mol. The Morgan fingerprint density at radius 2 is 1.79 bits per heavy atom. The summed E-state index contributed by atoms with van der Waals surface area (Å²) in [6.07, 6.45) is 0.571. The second kappa shape index (κ2) is 7.73. The summed E-state index contributed by atoms with van der Waals surface area (Å²) >= 11 is 7.08. The van der Waals surface area contributed by atoms with Gasteiger partial charge in [0, 0.05) is 23.8 Å². The van der Waals surface area contributed by atoms with Gasteiger partial charge in [0.15, 0.2) is 0 Å². The molecule has 0 atom stereocenters. The number of hydrogen-bond donors (Lipinski definition) is 1. The minimum absolute atomic E-state index is 0.0598. The number of nitrogens with zero attached hydrogens (tertiary/aromatic N) is 1. The van der Waals surface area contributed by atoms with Gasteiger partial charge in [-0.25, -0.2) is 16.8 Å². The maximum absolute atomic E-state index is 12.8. The second-order valence-electron chi connectivity index (χ2n) is 6.57. The molecule has 1 aliphatic heterocycles. The molecule has 4 rings (SSSR count). The van der Waals surface area contributed by atoms with E-state index in [1.165, 1.54) is 27.8 Å². The van der Waals surface area contributed by atoms with Gasteiger partial charge in [0.1, 0.15) is 4.21 Å². The first-order chi connectivity index (χ1) is 13.8. The van der Waals surface area contributed by atoms with Gasteiger partial charge in [-0.05, 0) is 59.3 Å². The molecule has 1 aromatic heterocycles. The lowest BCUT2D eigenvalue weighted by Crippen LogP contribution is -2.35. The number of hydrogen-bond acceptors (Lipinski definition) is 5. The fourth-order valence-corrected chi connectivity index (χ4v) is 7.10. The van der Waals surface area contributed by atoms with Gasteiger partial charge < -0.3 is 0 Å². The number of anilines is 1. The van der Waals surface area contributed by atoms with Crippen molar-refractivity contribution >= 4 is 48.7 Å². The SMILES string of the molecule is O=S(=O)(Nc1ccc2c(c1)CN(S(=O)(=O)c1cccs1)CC2)c1cccc(Cl)c1. The molecule has 0 amide bonds. The Bertz CT molecular complexity index is 1260. The van der Waals surface area contributed by atoms with Gasteiger partial charge in [0.05, 0.1) is 4.90 Å². The fraction of sp³-hybridized carbons (Fsp3) is 0.158. The van der Waals surface area contributed by atoms with Crippen molar-refractivity contribution < 1.29 is 16.8 Å². The number of nitrogens with one attached hydrogen (secondary N) is 1. The van der Waals surface area contributed by atoms with Crippen LogP contribution in [-0.4, -0.2) is 27.7 Å². The fourth-order valence-electron chi connectivity index (χ4n) is 3.19. The molecular formula is C19H17ClN2O4S3. The molecule has 0 spiro atoms. The number of rotatable bonds is 5. The van der Waals surface area contributed by atoms with Gasteiger partial charge in [-0.2, -0.15) is 4.31 Å². The Hall–Kier alpha value is -1.91. The Balaban J connectivity index is 1.59. The molecule has 0 saturated heterocycles. The highest BCUT2D eigenvalue weighted by Crippen LogP contribution is 2.29. The predicted molar refractivity (Wildman–Crippen MR) is 114 cm³/mol. The molecule has 6 nitrogen and oxygen atoms in total. The van der Waals surface area contributed by atoms with Gasteiger partial charge >= 0.3 is 0 Å². The lowest BCUT2D eigenvalue weighted by molar-refractivity contribution is 0.392. The molecule has 1 aliphatic rings. The maximum Gasteiger partial charge on any atom is 0.261 e. The quantitative estimate of drug-likeness (QED) is 0.614. The Morgan fingerprint density at radius 3 is 2.52 bits per heavy atom. The van der Waals surface area contributed by atoms with Crippen molar-refractivity contribution in [3.8, 4) is 0 Å². The van der Waals surface area contributed by atoms with Crippen molar-refractivity contribution in [1.29, 1.82) is 0 Å². The first-order valence-corrected chi connectivity index (χ1v) is 12.9. The molecule has 0 aliphatic carbocycles. The first kappa shape index (κ1) is 20.4. The van der Waals surface area contributed by atoms with Gasteiger partial charge in [-0.3, -0.25) is 4.72 Å². The standard InChI is InChI=1S/C19H17ClN2O4S3/c20-16-3-1-4-18(12-16)28(23,24)21-17-7-6-14-8-9-22(13-15(14)11-17)29(25,26)19-5-2-10-27-19/h1-7,10-12,21H,8-9,13H2. The van der Waals surface area contributed by atoms with Crippen LogP contribution in [0.5, 0.6) is 0 Å². The minimum atomic E-state index is -3.80. The smallest absolute Gasteiger partial charge is 0.261 e. The van der Waals surface area contributed by atoms with Crippen LogP contribution in [0.25, 0.3) is 0 Å². The van der Waals surface area contributed by atoms with Gasteiger partial charge in [-0.1, -0.05) is 29.8 Å². The molecule has 1 N–H and O–H groups in total. The number of sulfonamides is 2. The van der Waals surface area contributed by atoms with E-state index in [0.29, 0.717) is 27.9 Å². The van der Waals surface area contributed by atoms with E-state index in [9.17, 15) is 16.8 Å². The van der Waals surface area contributed by atoms with Crippen LogP contribution in [0, 0.1) is 0 Å². The first-order valence-electron chi connectivity index (χ1n) is 8.69. The molecule has 3 aromatic rings. The second-order valence-corrected chi connectivity index (χ2v) is 11.8. The van der Waals surface area contributed by atoms with E-state index in [4.69, 9.17) is 11.6 Å². The van der Waals surface area contributed by atoms with E-state index >= 15 is 0 Å². The molecule has 0 radical (unpaired) electrons. The molecule has 10 heteroatoms. The largest absolute Gasteiger partial charge is 0.280 e. The average molecular weight is 469 g/mol. The summed E-state index contributed by atoms with van der Waals surface area (Å²) < 4.78 is 55.1. The molecule has 29 heavy (non-hydrogen) atoms. The van der Waals surface area contributed by atoms with Crippen molar-refractivity contribution in [1.82, 2.24) is 4.31 Å². The van der Waals surface area contributed by atoms with Gasteiger partial charge in [-0.15, -0.1) is 11.3 Å². The average Bonchev–Trinajstić information content (AvgIpc) is 3.23. The van der Waals surface area contributed by atoms with E-state index in [0.717, 1.165) is 11.1 Å². The number of benzene rings is 2. The zero-order valence-electron chi connectivity index (χ0n) is 15.1. The van der Waals surface area contributed by atoms with Crippen LogP contribution in [0.15, 0.2) is 69.1 Å². The summed E-state index contributed by atoms with van der Waals surface area (Å²) in [7, 11) is -7.36. The molecule has 2 aromatic carbocycles. The highest BCUT2D eigenvalue weighted by atomic mass is 35.5. The Morgan fingerprint density at radius 1 is 0.966 bits per heavy atom.